The molecule has 2 N–H and O–H groups in total. The van der Waals surface area contributed by atoms with Crippen molar-refractivity contribution in [1.29, 1.82) is 0 Å². The molecule has 0 spiro atoms. The van der Waals surface area contributed by atoms with E-state index in [1.54, 1.807) is 0 Å². The molecule has 1 amide bonds. The molecule has 0 aliphatic heterocycles. The summed E-state index contributed by atoms with van der Waals surface area (Å²) in [5.41, 5.74) is 2.86. The third kappa shape index (κ3) is 3.62. The van der Waals surface area contributed by atoms with Crippen molar-refractivity contribution >= 4 is 16.8 Å². The van der Waals surface area contributed by atoms with E-state index in [9.17, 15) is 4.79 Å². The molecule has 0 radical (unpaired) electrons. The summed E-state index contributed by atoms with van der Waals surface area (Å²) in [6.45, 7) is 6.32. The number of hydrogen-bond donors (Lipinski definition) is 2. The highest BCUT2D eigenvalue weighted by Gasteiger charge is 2.12. The smallest absolute Gasteiger partial charge is 0.267 e. The van der Waals surface area contributed by atoms with Gasteiger partial charge < -0.3 is 10.3 Å². The summed E-state index contributed by atoms with van der Waals surface area (Å²) in [5.74, 6) is -0.0112. The first-order chi connectivity index (χ1) is 9.60. The number of carbonyl (C=O) groups excluding carboxylic acids is 1. The van der Waals surface area contributed by atoms with Crippen molar-refractivity contribution < 1.29 is 4.79 Å². The number of hydrogen-bond acceptors (Lipinski definition) is 1. The molecule has 1 heterocycles. The number of H-pyrrole nitrogens is 1. The van der Waals surface area contributed by atoms with E-state index >= 15 is 0 Å². The minimum atomic E-state index is -0.0112. The number of benzene rings is 1. The fraction of sp³-hybridized carbons (Fsp3) is 0.471. The molecule has 3 heteroatoms. The lowest BCUT2D eigenvalue weighted by atomic mass is 10.1. The Morgan fingerprint density at radius 1 is 1.30 bits per heavy atom. The van der Waals surface area contributed by atoms with Crippen LogP contribution < -0.4 is 5.32 Å². The molecule has 108 valence electrons. The lowest BCUT2D eigenvalue weighted by Gasteiger charge is -2.12. The van der Waals surface area contributed by atoms with Crippen LogP contribution in [0, 0.1) is 6.92 Å². The molecule has 0 bridgehead atoms. The lowest BCUT2D eigenvalue weighted by molar-refractivity contribution is 0.0933. The Labute approximate surface area is 120 Å². The summed E-state index contributed by atoms with van der Waals surface area (Å²) in [5, 5.41) is 4.15. The van der Waals surface area contributed by atoms with Gasteiger partial charge in [0.15, 0.2) is 0 Å². The number of rotatable bonds is 6. The zero-order valence-electron chi connectivity index (χ0n) is 12.6. The van der Waals surface area contributed by atoms with E-state index in [0.29, 0.717) is 5.69 Å². The SMILES string of the molecule is CCCCCC(C)NC(=O)c1cc2cc(C)ccc2[nH]1. The summed E-state index contributed by atoms with van der Waals surface area (Å²) < 4.78 is 0. The maximum absolute atomic E-state index is 12.2. The molecule has 2 aromatic rings. The first kappa shape index (κ1) is 14.6. The molecule has 0 aliphatic carbocycles. The summed E-state index contributed by atoms with van der Waals surface area (Å²) >= 11 is 0. The summed E-state index contributed by atoms with van der Waals surface area (Å²) in [4.78, 5) is 15.4. The second-order valence-corrected chi connectivity index (χ2v) is 5.64. The maximum atomic E-state index is 12.2. The minimum Gasteiger partial charge on any atom is -0.351 e. The fourth-order valence-electron chi connectivity index (χ4n) is 2.45. The van der Waals surface area contributed by atoms with Gasteiger partial charge in [0, 0.05) is 16.9 Å². The van der Waals surface area contributed by atoms with Crippen LogP contribution in [0.4, 0.5) is 0 Å². The standard InChI is InChI=1S/C17H24N2O/c1-4-5-6-7-13(3)18-17(20)16-11-14-10-12(2)8-9-15(14)19-16/h8-11,13,19H,4-7H2,1-3H3,(H,18,20). The van der Waals surface area contributed by atoms with Crippen LogP contribution >= 0.6 is 0 Å². The molecule has 3 nitrogen and oxygen atoms in total. The number of aryl methyl sites for hydroxylation is 1. The van der Waals surface area contributed by atoms with Crippen molar-refractivity contribution in [3.63, 3.8) is 0 Å². The van der Waals surface area contributed by atoms with Crippen molar-refractivity contribution in [3.8, 4) is 0 Å². The van der Waals surface area contributed by atoms with Crippen molar-refractivity contribution in [2.75, 3.05) is 0 Å². The first-order valence-corrected chi connectivity index (χ1v) is 7.50. The van der Waals surface area contributed by atoms with Crippen molar-refractivity contribution in [2.45, 2.75) is 52.5 Å². The molecule has 1 aromatic carbocycles. The van der Waals surface area contributed by atoms with Crippen LogP contribution in [0.15, 0.2) is 24.3 Å². The highest BCUT2D eigenvalue weighted by atomic mass is 16.1. The van der Waals surface area contributed by atoms with Crippen LogP contribution in [0.3, 0.4) is 0 Å². The van der Waals surface area contributed by atoms with Gasteiger partial charge in [-0.2, -0.15) is 0 Å². The number of carbonyl (C=O) groups is 1. The van der Waals surface area contributed by atoms with E-state index in [2.05, 4.69) is 37.1 Å². The lowest BCUT2D eigenvalue weighted by Crippen LogP contribution is -2.32. The summed E-state index contributed by atoms with van der Waals surface area (Å²) in [6.07, 6.45) is 4.65. The molecule has 1 atom stereocenters. The number of unbranched alkanes of at least 4 members (excludes halogenated alkanes) is 2. The van der Waals surface area contributed by atoms with Gasteiger partial charge >= 0.3 is 0 Å². The van der Waals surface area contributed by atoms with Gasteiger partial charge in [0.1, 0.15) is 5.69 Å². The van der Waals surface area contributed by atoms with Gasteiger partial charge in [-0.3, -0.25) is 4.79 Å². The first-order valence-electron chi connectivity index (χ1n) is 7.50. The van der Waals surface area contributed by atoms with Gasteiger partial charge in [-0.1, -0.05) is 37.8 Å². The monoisotopic (exact) mass is 272 g/mol. The zero-order chi connectivity index (χ0) is 14.5. The van der Waals surface area contributed by atoms with Gasteiger partial charge in [0.2, 0.25) is 0 Å². The highest BCUT2D eigenvalue weighted by Crippen LogP contribution is 2.17. The minimum absolute atomic E-state index is 0.0112. The second kappa shape index (κ2) is 6.60. The van der Waals surface area contributed by atoms with E-state index < -0.39 is 0 Å². The van der Waals surface area contributed by atoms with Crippen LogP contribution in [-0.2, 0) is 0 Å². The molecule has 1 aromatic heterocycles. The third-order valence-electron chi connectivity index (χ3n) is 3.64. The normalized spacial score (nSPS) is 12.6. The topological polar surface area (TPSA) is 44.9 Å². The molecule has 0 saturated carbocycles. The van der Waals surface area contributed by atoms with Gasteiger partial charge in [0.25, 0.3) is 5.91 Å². The predicted octanol–water partition coefficient (Wildman–Crippen LogP) is 4.17. The Morgan fingerprint density at radius 3 is 2.85 bits per heavy atom. The van der Waals surface area contributed by atoms with Crippen LogP contribution in [0.5, 0.6) is 0 Å². The van der Waals surface area contributed by atoms with Crippen molar-refractivity contribution in [1.82, 2.24) is 10.3 Å². The number of aromatic amines is 1. The largest absolute Gasteiger partial charge is 0.351 e. The van der Waals surface area contributed by atoms with Crippen molar-refractivity contribution in [3.05, 3.63) is 35.5 Å². The Hall–Kier alpha value is -1.77. The number of amides is 1. The third-order valence-corrected chi connectivity index (χ3v) is 3.64. The molecule has 0 saturated heterocycles. The van der Waals surface area contributed by atoms with Gasteiger partial charge in [0.05, 0.1) is 0 Å². The predicted molar refractivity (Wildman–Crippen MR) is 84.1 cm³/mol. The molecule has 0 aliphatic rings. The molecule has 20 heavy (non-hydrogen) atoms. The van der Waals surface area contributed by atoms with Gasteiger partial charge in [-0.05, 0) is 38.5 Å². The average molecular weight is 272 g/mol. The Morgan fingerprint density at radius 2 is 2.10 bits per heavy atom. The maximum Gasteiger partial charge on any atom is 0.267 e. The summed E-state index contributed by atoms with van der Waals surface area (Å²) in [6, 6.07) is 8.31. The fourth-order valence-corrected chi connectivity index (χ4v) is 2.45. The van der Waals surface area contributed by atoms with Crippen LogP contribution in [-0.4, -0.2) is 16.9 Å². The molecule has 1 unspecified atom stereocenters. The Bertz CT molecular complexity index is 586. The summed E-state index contributed by atoms with van der Waals surface area (Å²) in [7, 11) is 0. The van der Waals surface area contributed by atoms with E-state index in [-0.39, 0.29) is 11.9 Å². The van der Waals surface area contributed by atoms with Crippen molar-refractivity contribution in [2.24, 2.45) is 0 Å². The average Bonchev–Trinajstić information content (AvgIpc) is 2.82. The number of aromatic nitrogens is 1. The quantitative estimate of drug-likeness (QED) is 0.761. The van der Waals surface area contributed by atoms with E-state index in [4.69, 9.17) is 0 Å². The van der Waals surface area contributed by atoms with E-state index in [0.717, 1.165) is 17.3 Å². The highest BCUT2D eigenvalue weighted by molar-refractivity contribution is 5.98. The molecular weight excluding hydrogens is 248 g/mol. The Kier molecular flexibility index (Phi) is 4.83. The number of nitrogens with one attached hydrogen (secondary N) is 2. The van der Waals surface area contributed by atoms with Crippen LogP contribution in [0.2, 0.25) is 0 Å². The Balaban J connectivity index is 2.00. The number of fused-ring (bicyclic) bond motifs is 1. The van der Waals surface area contributed by atoms with Crippen LogP contribution in [0.25, 0.3) is 10.9 Å². The molecule has 2 rings (SSSR count). The molecule has 0 fully saturated rings. The van der Waals surface area contributed by atoms with E-state index in [1.807, 2.05) is 18.2 Å². The zero-order valence-corrected chi connectivity index (χ0v) is 12.6. The van der Waals surface area contributed by atoms with Crippen LogP contribution in [0.1, 0.15) is 55.6 Å². The van der Waals surface area contributed by atoms with Gasteiger partial charge in [-0.15, -0.1) is 0 Å². The molecular formula is C17H24N2O. The van der Waals surface area contributed by atoms with Gasteiger partial charge in [-0.25, -0.2) is 0 Å². The van der Waals surface area contributed by atoms with E-state index in [1.165, 1.54) is 24.8 Å². The second-order valence-electron chi connectivity index (χ2n) is 5.64.